The van der Waals surface area contributed by atoms with Gasteiger partial charge in [-0.1, -0.05) is 17.7 Å². The lowest BCUT2D eigenvalue weighted by Gasteiger charge is -2.28. The van der Waals surface area contributed by atoms with Crippen LogP contribution in [-0.4, -0.2) is 52.1 Å². The Morgan fingerprint density at radius 1 is 1.06 bits per heavy atom. The van der Waals surface area contributed by atoms with E-state index < -0.39 is 0 Å². The van der Waals surface area contributed by atoms with Crippen LogP contribution in [0.25, 0.3) is 17.3 Å². The van der Waals surface area contributed by atoms with Crippen molar-refractivity contribution in [3.05, 3.63) is 71.2 Å². The van der Waals surface area contributed by atoms with E-state index in [4.69, 9.17) is 14.7 Å². The number of rotatable bonds is 5. The van der Waals surface area contributed by atoms with E-state index in [9.17, 15) is 9.90 Å². The SMILES string of the molecule is O=C(CC1=Cc2nc(N3CCOCC3)nc(-c3cccc(O)c3)c2CC1)c1ccncc1. The number of Topliss-reactive ketones (excluding diaryl/α,β-unsaturated/α-hetero) is 1. The standard InChI is InChI=1S/C25H24N4O3/c30-20-3-1-2-19(16-20)24-21-5-4-17(15-23(31)18-6-8-26-9-7-18)14-22(21)27-25(28-24)29-10-12-32-13-11-29/h1-3,6-9,14,16,30H,4-5,10-13,15H2. The van der Waals surface area contributed by atoms with E-state index in [0.717, 1.165) is 54.0 Å². The zero-order chi connectivity index (χ0) is 21.9. The summed E-state index contributed by atoms with van der Waals surface area (Å²) >= 11 is 0. The number of anilines is 1. The summed E-state index contributed by atoms with van der Waals surface area (Å²) < 4.78 is 5.48. The van der Waals surface area contributed by atoms with Crippen LogP contribution in [0.5, 0.6) is 5.75 Å². The summed E-state index contributed by atoms with van der Waals surface area (Å²) in [5.74, 6) is 0.943. The smallest absolute Gasteiger partial charge is 0.226 e. The molecule has 0 atom stereocenters. The molecule has 162 valence electrons. The van der Waals surface area contributed by atoms with Crippen molar-refractivity contribution >= 4 is 17.8 Å². The average molecular weight is 428 g/mol. The number of fused-ring (bicyclic) bond motifs is 1. The van der Waals surface area contributed by atoms with E-state index in [1.165, 1.54) is 0 Å². The van der Waals surface area contributed by atoms with Gasteiger partial charge < -0.3 is 14.7 Å². The van der Waals surface area contributed by atoms with Crippen LogP contribution in [0.3, 0.4) is 0 Å². The predicted molar refractivity (Wildman–Crippen MR) is 122 cm³/mol. The van der Waals surface area contributed by atoms with Gasteiger partial charge in [-0.25, -0.2) is 9.97 Å². The topological polar surface area (TPSA) is 88.4 Å². The largest absolute Gasteiger partial charge is 0.508 e. The normalized spacial score (nSPS) is 15.8. The molecule has 1 aliphatic carbocycles. The number of hydrogen-bond donors (Lipinski definition) is 1. The second kappa shape index (κ2) is 8.88. The van der Waals surface area contributed by atoms with Crippen molar-refractivity contribution < 1.29 is 14.6 Å². The fourth-order valence-corrected chi connectivity index (χ4v) is 4.19. The second-order valence-corrected chi connectivity index (χ2v) is 8.02. The van der Waals surface area contributed by atoms with Gasteiger partial charge in [-0.05, 0) is 43.2 Å². The number of hydrogen-bond acceptors (Lipinski definition) is 7. The van der Waals surface area contributed by atoms with E-state index in [-0.39, 0.29) is 11.5 Å². The van der Waals surface area contributed by atoms with Gasteiger partial charge >= 0.3 is 0 Å². The molecule has 7 nitrogen and oxygen atoms in total. The molecule has 0 unspecified atom stereocenters. The molecule has 5 rings (SSSR count). The number of aromatic nitrogens is 3. The Hall–Kier alpha value is -3.58. The van der Waals surface area contributed by atoms with E-state index in [1.807, 2.05) is 18.2 Å². The number of morpholine rings is 1. The van der Waals surface area contributed by atoms with Crippen LogP contribution in [-0.2, 0) is 11.2 Å². The predicted octanol–water partition coefficient (Wildman–Crippen LogP) is 3.68. The minimum Gasteiger partial charge on any atom is -0.508 e. The first kappa shape index (κ1) is 20.3. The third-order valence-electron chi connectivity index (χ3n) is 5.87. The lowest BCUT2D eigenvalue weighted by molar-refractivity contribution is 0.0992. The Bertz CT molecular complexity index is 1170. The van der Waals surface area contributed by atoms with Gasteiger partial charge in [0.15, 0.2) is 5.78 Å². The first-order valence-corrected chi connectivity index (χ1v) is 10.8. The highest BCUT2D eigenvalue weighted by Crippen LogP contribution is 2.34. The lowest BCUT2D eigenvalue weighted by Crippen LogP contribution is -2.37. The molecule has 32 heavy (non-hydrogen) atoms. The van der Waals surface area contributed by atoms with Crippen molar-refractivity contribution in [3.8, 4) is 17.0 Å². The van der Waals surface area contributed by atoms with Gasteiger partial charge in [-0.2, -0.15) is 0 Å². The molecular weight excluding hydrogens is 404 g/mol. The monoisotopic (exact) mass is 428 g/mol. The van der Waals surface area contributed by atoms with Gasteiger partial charge in [0.25, 0.3) is 0 Å². The summed E-state index contributed by atoms with van der Waals surface area (Å²) in [6.07, 6.45) is 7.20. The fourth-order valence-electron chi connectivity index (χ4n) is 4.19. The molecule has 3 heterocycles. The van der Waals surface area contributed by atoms with Crippen molar-refractivity contribution in [1.82, 2.24) is 15.0 Å². The highest BCUT2D eigenvalue weighted by atomic mass is 16.5. The number of carbonyl (C=O) groups excluding carboxylic acids is 1. The van der Waals surface area contributed by atoms with E-state index in [2.05, 4.69) is 9.88 Å². The first-order chi connectivity index (χ1) is 15.7. The number of ether oxygens (including phenoxy) is 1. The van der Waals surface area contributed by atoms with Gasteiger partial charge in [0.2, 0.25) is 5.95 Å². The van der Waals surface area contributed by atoms with Gasteiger partial charge in [0.1, 0.15) is 5.75 Å². The van der Waals surface area contributed by atoms with Crippen LogP contribution in [0.4, 0.5) is 5.95 Å². The Morgan fingerprint density at radius 3 is 2.66 bits per heavy atom. The molecule has 2 aliphatic rings. The minimum atomic E-state index is 0.0813. The molecule has 1 aliphatic heterocycles. The summed E-state index contributed by atoms with van der Waals surface area (Å²) in [6.45, 7) is 2.75. The van der Waals surface area contributed by atoms with Gasteiger partial charge in [0, 0.05) is 48.6 Å². The molecule has 0 saturated carbocycles. The summed E-state index contributed by atoms with van der Waals surface area (Å²) in [4.78, 5) is 28.6. The first-order valence-electron chi connectivity index (χ1n) is 10.8. The molecule has 1 fully saturated rings. The third-order valence-corrected chi connectivity index (χ3v) is 5.87. The number of aromatic hydroxyl groups is 1. The Kier molecular flexibility index (Phi) is 5.64. The van der Waals surface area contributed by atoms with Crippen molar-refractivity contribution in [2.24, 2.45) is 0 Å². The summed E-state index contributed by atoms with van der Waals surface area (Å²) in [5, 5.41) is 10.0. The number of carbonyl (C=O) groups is 1. The molecule has 0 amide bonds. The number of phenols is 1. The Balaban J connectivity index is 1.53. The molecule has 0 bridgehead atoms. The highest BCUT2D eigenvalue weighted by Gasteiger charge is 2.23. The van der Waals surface area contributed by atoms with Crippen molar-refractivity contribution in [2.45, 2.75) is 19.3 Å². The van der Waals surface area contributed by atoms with Crippen LogP contribution in [0.1, 0.15) is 34.5 Å². The lowest BCUT2D eigenvalue weighted by atomic mass is 9.89. The van der Waals surface area contributed by atoms with Crippen LogP contribution in [0.15, 0.2) is 54.4 Å². The third kappa shape index (κ3) is 4.24. The number of phenolic OH excluding ortho intramolecular Hbond substituents is 1. The zero-order valence-electron chi connectivity index (χ0n) is 17.7. The van der Waals surface area contributed by atoms with Crippen LogP contribution >= 0.6 is 0 Å². The number of ketones is 1. The number of pyridine rings is 1. The highest BCUT2D eigenvalue weighted by molar-refractivity contribution is 5.98. The van der Waals surface area contributed by atoms with E-state index >= 15 is 0 Å². The van der Waals surface area contributed by atoms with Crippen molar-refractivity contribution in [1.29, 1.82) is 0 Å². The molecule has 1 N–H and O–H groups in total. The van der Waals surface area contributed by atoms with E-state index in [1.54, 1.807) is 36.7 Å². The molecule has 0 spiro atoms. The van der Waals surface area contributed by atoms with Crippen LogP contribution in [0, 0.1) is 0 Å². The zero-order valence-corrected chi connectivity index (χ0v) is 17.7. The van der Waals surface area contributed by atoms with E-state index in [0.29, 0.717) is 31.1 Å². The summed E-state index contributed by atoms with van der Waals surface area (Å²) in [5.41, 5.74) is 5.33. The minimum absolute atomic E-state index is 0.0813. The van der Waals surface area contributed by atoms with Gasteiger partial charge in [-0.3, -0.25) is 9.78 Å². The summed E-state index contributed by atoms with van der Waals surface area (Å²) in [6, 6.07) is 10.7. The Labute approximate surface area is 186 Å². The van der Waals surface area contributed by atoms with Gasteiger partial charge in [-0.15, -0.1) is 0 Å². The quantitative estimate of drug-likeness (QED) is 0.620. The molecule has 3 aromatic rings. The Morgan fingerprint density at radius 2 is 1.88 bits per heavy atom. The summed E-state index contributed by atoms with van der Waals surface area (Å²) in [7, 11) is 0. The number of nitrogens with zero attached hydrogens (tertiary/aromatic N) is 4. The molecule has 1 aromatic carbocycles. The van der Waals surface area contributed by atoms with Crippen molar-refractivity contribution in [3.63, 3.8) is 0 Å². The maximum atomic E-state index is 12.7. The second-order valence-electron chi connectivity index (χ2n) is 8.02. The number of benzene rings is 1. The van der Waals surface area contributed by atoms with Crippen LogP contribution in [0.2, 0.25) is 0 Å². The average Bonchev–Trinajstić information content (AvgIpc) is 2.84. The van der Waals surface area contributed by atoms with Crippen molar-refractivity contribution in [2.75, 3.05) is 31.2 Å². The molecule has 1 saturated heterocycles. The molecular formula is C25H24N4O3. The van der Waals surface area contributed by atoms with Crippen LogP contribution < -0.4 is 4.90 Å². The fraction of sp³-hybridized carbons (Fsp3) is 0.280. The number of allylic oxidation sites excluding steroid dienone is 1. The molecule has 2 aromatic heterocycles. The maximum Gasteiger partial charge on any atom is 0.226 e. The molecule has 7 heteroatoms. The molecule has 0 radical (unpaired) electrons. The van der Waals surface area contributed by atoms with Gasteiger partial charge in [0.05, 0.1) is 24.6 Å². The maximum absolute atomic E-state index is 12.7.